The minimum Gasteiger partial charge on any atom is -0.475 e. The summed E-state index contributed by atoms with van der Waals surface area (Å²) in [6, 6.07) is 9.45. The lowest BCUT2D eigenvalue weighted by Crippen LogP contribution is -2.36. The number of H-pyrrole nitrogens is 1. The van der Waals surface area contributed by atoms with E-state index in [1.165, 1.54) is 0 Å². The number of carboxylic acid groups (broad SMARTS) is 1. The molecule has 116 valence electrons. The van der Waals surface area contributed by atoms with Crippen molar-refractivity contribution in [1.29, 1.82) is 0 Å². The van der Waals surface area contributed by atoms with Gasteiger partial charge >= 0.3 is 5.97 Å². The molecule has 1 amide bonds. The molecule has 0 spiro atoms. The number of hydrogen-bond acceptors (Lipinski definition) is 4. The maximum atomic E-state index is 12.7. The number of carbonyl (C=O) groups is 2. The Morgan fingerprint density at radius 3 is 2.91 bits per heavy atom. The largest absolute Gasteiger partial charge is 0.475 e. The predicted octanol–water partition coefficient (Wildman–Crippen LogP) is 2.05. The second-order valence-electron chi connectivity index (χ2n) is 5.49. The lowest BCUT2D eigenvalue weighted by molar-refractivity contribution is 0.0640. The Bertz CT molecular complexity index is 891. The molecule has 0 saturated heterocycles. The molecule has 0 aliphatic carbocycles. The van der Waals surface area contributed by atoms with Gasteiger partial charge in [0, 0.05) is 29.4 Å². The smallest absolute Gasteiger partial charge is 0.375 e. The molecule has 3 aromatic rings. The van der Waals surface area contributed by atoms with Gasteiger partial charge in [0.25, 0.3) is 5.91 Å². The predicted molar refractivity (Wildman–Crippen MR) is 80.2 cm³/mol. The normalized spacial score (nSPS) is 14.0. The maximum Gasteiger partial charge on any atom is 0.375 e. The number of benzene rings is 1. The van der Waals surface area contributed by atoms with E-state index in [-0.39, 0.29) is 18.2 Å². The van der Waals surface area contributed by atoms with Gasteiger partial charge in [-0.2, -0.15) is 0 Å². The summed E-state index contributed by atoms with van der Waals surface area (Å²) >= 11 is 0. The molecule has 0 fully saturated rings. The molecular weight excluding hydrogens is 298 g/mol. The van der Waals surface area contributed by atoms with Gasteiger partial charge in [-0.05, 0) is 12.1 Å². The monoisotopic (exact) mass is 311 g/mol. The number of rotatable bonds is 2. The van der Waals surface area contributed by atoms with Gasteiger partial charge in [-0.25, -0.2) is 4.79 Å². The van der Waals surface area contributed by atoms with Crippen molar-refractivity contribution in [2.45, 2.75) is 13.0 Å². The van der Waals surface area contributed by atoms with Gasteiger partial charge in [-0.3, -0.25) is 4.79 Å². The number of carbonyl (C=O) groups excluding carboxylic acids is 1. The second-order valence-corrected chi connectivity index (χ2v) is 5.49. The third-order valence-electron chi connectivity index (χ3n) is 4.08. The topological polar surface area (TPSA) is 99.4 Å². The second kappa shape index (κ2) is 4.98. The van der Waals surface area contributed by atoms with E-state index in [1.54, 1.807) is 11.0 Å². The van der Waals surface area contributed by atoms with Crippen molar-refractivity contribution in [2.24, 2.45) is 0 Å². The summed E-state index contributed by atoms with van der Waals surface area (Å²) in [4.78, 5) is 28.5. The number of amides is 1. The fourth-order valence-electron chi connectivity index (χ4n) is 2.91. The average Bonchev–Trinajstić information content (AvgIpc) is 3.17. The van der Waals surface area contributed by atoms with Crippen LogP contribution >= 0.6 is 0 Å². The summed E-state index contributed by atoms with van der Waals surface area (Å²) in [5.74, 6) is -1.52. The molecule has 0 bridgehead atoms. The lowest BCUT2D eigenvalue weighted by atomic mass is 10.1. The van der Waals surface area contributed by atoms with E-state index in [2.05, 4.69) is 10.1 Å². The number of nitrogens with zero attached hydrogens (tertiary/aromatic N) is 2. The molecule has 23 heavy (non-hydrogen) atoms. The minimum absolute atomic E-state index is 0.163. The van der Waals surface area contributed by atoms with E-state index < -0.39 is 5.97 Å². The summed E-state index contributed by atoms with van der Waals surface area (Å²) in [5, 5.41) is 13.9. The number of aromatic carboxylic acids is 1. The molecule has 2 N–H and O–H groups in total. The summed E-state index contributed by atoms with van der Waals surface area (Å²) < 4.78 is 4.87. The summed E-state index contributed by atoms with van der Waals surface area (Å²) in [6.07, 6.45) is 0.484. The maximum absolute atomic E-state index is 12.7. The van der Waals surface area contributed by atoms with Crippen molar-refractivity contribution in [3.63, 3.8) is 0 Å². The van der Waals surface area contributed by atoms with Crippen molar-refractivity contribution in [3.05, 3.63) is 53.0 Å². The average molecular weight is 311 g/mol. The van der Waals surface area contributed by atoms with Gasteiger partial charge in [0.15, 0.2) is 0 Å². The molecule has 3 heterocycles. The van der Waals surface area contributed by atoms with E-state index >= 15 is 0 Å². The van der Waals surface area contributed by atoms with Crippen LogP contribution in [0.3, 0.4) is 0 Å². The number of nitrogens with one attached hydrogen (secondary N) is 1. The van der Waals surface area contributed by atoms with Crippen LogP contribution in [-0.2, 0) is 13.0 Å². The molecule has 4 rings (SSSR count). The molecule has 0 radical (unpaired) electrons. The van der Waals surface area contributed by atoms with Crippen LogP contribution < -0.4 is 0 Å². The number of hydrogen-bond donors (Lipinski definition) is 2. The standard InChI is InChI=1S/C16H13N3O4/c20-15(13-7-9-3-1-2-4-11(9)17-13)19-6-5-12-10(8-19)14(16(21)22)23-18-12/h1-4,7,17H,5-6,8H2,(H,21,22). The molecule has 1 aliphatic heterocycles. The van der Waals surface area contributed by atoms with Gasteiger partial charge in [0.05, 0.1) is 12.2 Å². The van der Waals surface area contributed by atoms with Crippen LogP contribution in [0.4, 0.5) is 0 Å². The molecule has 7 heteroatoms. The van der Waals surface area contributed by atoms with Crippen LogP contribution in [0.5, 0.6) is 0 Å². The van der Waals surface area contributed by atoms with Crippen LogP contribution in [0, 0.1) is 0 Å². The Morgan fingerprint density at radius 1 is 1.30 bits per heavy atom. The summed E-state index contributed by atoms with van der Waals surface area (Å²) in [6.45, 7) is 0.668. The Hall–Kier alpha value is -3.09. The highest BCUT2D eigenvalue weighted by molar-refractivity contribution is 5.98. The molecule has 0 saturated carbocycles. The first-order valence-corrected chi connectivity index (χ1v) is 7.21. The first-order valence-electron chi connectivity index (χ1n) is 7.21. The van der Waals surface area contributed by atoms with Crippen molar-refractivity contribution in [3.8, 4) is 0 Å². The minimum atomic E-state index is -1.17. The van der Waals surface area contributed by atoms with Crippen molar-refractivity contribution in [1.82, 2.24) is 15.0 Å². The number of para-hydroxylation sites is 1. The fourth-order valence-corrected chi connectivity index (χ4v) is 2.91. The van der Waals surface area contributed by atoms with E-state index in [9.17, 15) is 9.59 Å². The zero-order valence-electron chi connectivity index (χ0n) is 12.1. The van der Waals surface area contributed by atoms with E-state index in [4.69, 9.17) is 9.63 Å². The molecule has 0 atom stereocenters. The third kappa shape index (κ3) is 2.17. The molecule has 0 unspecified atom stereocenters. The lowest BCUT2D eigenvalue weighted by Gasteiger charge is -2.25. The van der Waals surface area contributed by atoms with Crippen LogP contribution in [0.1, 0.15) is 32.3 Å². The van der Waals surface area contributed by atoms with E-state index in [1.807, 2.05) is 24.3 Å². The summed E-state index contributed by atoms with van der Waals surface area (Å²) in [7, 11) is 0. The van der Waals surface area contributed by atoms with Gasteiger partial charge < -0.3 is 19.5 Å². The SMILES string of the molecule is O=C(O)c1onc2c1CN(C(=O)c1cc3ccccc3[nH]1)CC2. The van der Waals surface area contributed by atoms with E-state index in [0.29, 0.717) is 29.9 Å². The number of aromatic nitrogens is 2. The molecular formula is C16H13N3O4. The van der Waals surface area contributed by atoms with Gasteiger partial charge in [-0.15, -0.1) is 0 Å². The molecule has 1 aliphatic rings. The van der Waals surface area contributed by atoms with Crippen molar-refractivity contribution >= 4 is 22.8 Å². The van der Waals surface area contributed by atoms with Gasteiger partial charge in [0.1, 0.15) is 5.69 Å². The highest BCUT2D eigenvalue weighted by Crippen LogP contribution is 2.24. The van der Waals surface area contributed by atoms with Crippen LogP contribution in [-0.4, -0.2) is 38.6 Å². The van der Waals surface area contributed by atoms with Gasteiger partial charge in [-0.1, -0.05) is 23.4 Å². The first kappa shape index (κ1) is 13.6. The zero-order valence-corrected chi connectivity index (χ0v) is 12.1. The Labute approximate surface area is 130 Å². The van der Waals surface area contributed by atoms with Crippen LogP contribution in [0.2, 0.25) is 0 Å². The van der Waals surface area contributed by atoms with Crippen LogP contribution in [0.15, 0.2) is 34.9 Å². The highest BCUT2D eigenvalue weighted by atomic mass is 16.5. The molecule has 1 aromatic carbocycles. The summed E-state index contributed by atoms with van der Waals surface area (Å²) in [5.41, 5.74) is 2.48. The van der Waals surface area contributed by atoms with Gasteiger partial charge in [0.2, 0.25) is 5.76 Å². The Balaban J connectivity index is 1.64. The third-order valence-corrected chi connectivity index (χ3v) is 4.08. The highest BCUT2D eigenvalue weighted by Gasteiger charge is 2.30. The molecule has 2 aromatic heterocycles. The first-order chi connectivity index (χ1) is 11.1. The number of fused-ring (bicyclic) bond motifs is 2. The van der Waals surface area contributed by atoms with Crippen LogP contribution in [0.25, 0.3) is 10.9 Å². The zero-order chi connectivity index (χ0) is 16.0. The van der Waals surface area contributed by atoms with Crippen molar-refractivity contribution in [2.75, 3.05) is 6.54 Å². The Morgan fingerprint density at radius 2 is 2.13 bits per heavy atom. The number of carboxylic acids is 1. The number of aromatic amines is 1. The molecule has 7 nitrogen and oxygen atoms in total. The quantitative estimate of drug-likeness (QED) is 0.754. The fraction of sp³-hybridized carbons (Fsp3) is 0.188. The van der Waals surface area contributed by atoms with Crippen molar-refractivity contribution < 1.29 is 19.2 Å². The Kier molecular flexibility index (Phi) is 2.94. The van der Waals surface area contributed by atoms with E-state index in [0.717, 1.165) is 10.9 Å².